The molecule has 1 heterocycles. The van der Waals surface area contributed by atoms with Crippen LogP contribution in [-0.4, -0.2) is 36.5 Å². The summed E-state index contributed by atoms with van der Waals surface area (Å²) in [5.74, 6) is -0.730. The van der Waals surface area contributed by atoms with Crippen LogP contribution in [0.15, 0.2) is 24.3 Å². The Balaban J connectivity index is 2.22. The fourth-order valence-corrected chi connectivity index (χ4v) is 2.21. The summed E-state index contributed by atoms with van der Waals surface area (Å²) in [6, 6.07) is 6.06. The van der Waals surface area contributed by atoms with E-state index in [-0.39, 0.29) is 5.82 Å². The Labute approximate surface area is 99.6 Å². The summed E-state index contributed by atoms with van der Waals surface area (Å²) in [6.07, 6.45) is 0.634. The summed E-state index contributed by atoms with van der Waals surface area (Å²) in [4.78, 5) is 13.6. The number of nitrogens with one attached hydrogen (secondary N) is 1. The molecule has 0 aromatic heterocycles. The number of rotatable bonds is 3. The predicted octanol–water partition coefficient (Wildman–Crippen LogP) is 0.797. The molecule has 0 spiro atoms. The quantitative estimate of drug-likeness (QED) is 0.817. The van der Waals surface area contributed by atoms with Gasteiger partial charge in [0.15, 0.2) is 0 Å². The average Bonchev–Trinajstić information content (AvgIpc) is 2.61. The molecule has 0 radical (unpaired) electrons. The lowest BCUT2D eigenvalue weighted by Gasteiger charge is -2.28. The zero-order valence-electron chi connectivity index (χ0n) is 9.74. The number of likely N-dealkylation sites (N-methyl/N-ethyl adjacent to an activating group) is 1. The van der Waals surface area contributed by atoms with Crippen molar-refractivity contribution >= 4 is 11.6 Å². The Morgan fingerprint density at radius 1 is 1.59 bits per heavy atom. The van der Waals surface area contributed by atoms with Crippen LogP contribution in [-0.2, 0) is 4.79 Å². The fourth-order valence-electron chi connectivity index (χ4n) is 2.21. The van der Waals surface area contributed by atoms with Gasteiger partial charge in [0.2, 0.25) is 5.91 Å². The highest BCUT2D eigenvalue weighted by Gasteiger charge is 2.42. The van der Waals surface area contributed by atoms with Gasteiger partial charge in [0.05, 0.1) is 0 Å². The molecule has 0 saturated carbocycles. The number of primary amides is 1. The molecule has 5 heteroatoms. The highest BCUT2D eigenvalue weighted by atomic mass is 19.1. The Hall–Kier alpha value is -1.62. The lowest BCUT2D eigenvalue weighted by molar-refractivity contribution is -0.121. The smallest absolute Gasteiger partial charge is 0.244 e. The highest BCUT2D eigenvalue weighted by Crippen LogP contribution is 2.25. The molecule has 1 atom stereocenters. The predicted molar refractivity (Wildman–Crippen MR) is 64.1 cm³/mol. The van der Waals surface area contributed by atoms with Gasteiger partial charge >= 0.3 is 0 Å². The van der Waals surface area contributed by atoms with Gasteiger partial charge in [-0.3, -0.25) is 4.79 Å². The number of nitrogens with two attached hydrogens (primary N) is 1. The van der Waals surface area contributed by atoms with E-state index in [4.69, 9.17) is 5.73 Å². The van der Waals surface area contributed by atoms with Crippen LogP contribution in [0.4, 0.5) is 10.1 Å². The molecule has 4 nitrogen and oxygen atoms in total. The van der Waals surface area contributed by atoms with Gasteiger partial charge in [0, 0.05) is 18.8 Å². The number of amides is 1. The minimum Gasteiger partial charge on any atom is -0.370 e. The van der Waals surface area contributed by atoms with Crippen LogP contribution in [0, 0.1) is 5.82 Å². The summed E-state index contributed by atoms with van der Waals surface area (Å²) in [6.45, 7) is 1.34. The largest absolute Gasteiger partial charge is 0.370 e. The zero-order chi connectivity index (χ0) is 12.5. The van der Waals surface area contributed by atoms with Crippen LogP contribution in [0.3, 0.4) is 0 Å². The maximum atomic E-state index is 13.1. The van der Waals surface area contributed by atoms with Crippen molar-refractivity contribution in [1.82, 2.24) is 4.90 Å². The van der Waals surface area contributed by atoms with Crippen LogP contribution < -0.4 is 11.1 Å². The van der Waals surface area contributed by atoms with Crippen molar-refractivity contribution in [3.05, 3.63) is 30.1 Å². The SMILES string of the molecule is CN1CCC(Nc2cccc(F)c2)(C(N)=O)C1. The third-order valence-electron chi connectivity index (χ3n) is 3.14. The first-order valence-corrected chi connectivity index (χ1v) is 5.54. The molecule has 2 rings (SSSR count). The maximum absolute atomic E-state index is 13.1. The standard InChI is InChI=1S/C12H16FN3O/c1-16-6-5-12(8-16,11(14)17)15-10-4-2-3-9(13)7-10/h2-4,7,15H,5-6,8H2,1H3,(H2,14,17). The van der Waals surface area contributed by atoms with Crippen LogP contribution in [0.5, 0.6) is 0 Å². The number of carbonyl (C=O) groups excluding carboxylic acids is 1. The molecule has 3 N–H and O–H groups in total. The van der Waals surface area contributed by atoms with Crippen molar-refractivity contribution in [2.45, 2.75) is 12.0 Å². The molecule has 1 saturated heterocycles. The molecule has 1 aromatic carbocycles. The van der Waals surface area contributed by atoms with Crippen LogP contribution >= 0.6 is 0 Å². The van der Waals surface area contributed by atoms with Gasteiger partial charge in [-0.2, -0.15) is 0 Å². The third-order valence-corrected chi connectivity index (χ3v) is 3.14. The Bertz CT molecular complexity index is 438. The number of likely N-dealkylation sites (tertiary alicyclic amines) is 1. The maximum Gasteiger partial charge on any atom is 0.244 e. The second kappa shape index (κ2) is 4.33. The molecule has 1 unspecified atom stereocenters. The molecule has 1 fully saturated rings. The van der Waals surface area contributed by atoms with Gasteiger partial charge in [-0.1, -0.05) is 6.07 Å². The number of halogens is 1. The van der Waals surface area contributed by atoms with Gasteiger partial charge in [-0.05, 0) is 31.7 Å². The first-order valence-electron chi connectivity index (χ1n) is 5.54. The summed E-state index contributed by atoms with van der Waals surface area (Å²) in [5, 5.41) is 3.07. The summed E-state index contributed by atoms with van der Waals surface area (Å²) < 4.78 is 13.1. The van der Waals surface area contributed by atoms with Gasteiger partial charge < -0.3 is 16.0 Å². The number of carbonyl (C=O) groups is 1. The van der Waals surface area contributed by atoms with Crippen molar-refractivity contribution in [1.29, 1.82) is 0 Å². The Morgan fingerprint density at radius 2 is 2.35 bits per heavy atom. The number of hydrogen-bond acceptors (Lipinski definition) is 3. The van der Waals surface area contributed by atoms with E-state index in [0.717, 1.165) is 6.54 Å². The molecular weight excluding hydrogens is 221 g/mol. The molecule has 0 aliphatic carbocycles. The molecule has 1 amide bonds. The second-order valence-electron chi connectivity index (χ2n) is 4.57. The van der Waals surface area contributed by atoms with Crippen molar-refractivity contribution in [3.63, 3.8) is 0 Å². The Morgan fingerprint density at radius 3 is 2.88 bits per heavy atom. The fraction of sp³-hybridized carbons (Fsp3) is 0.417. The number of nitrogens with zero attached hydrogens (tertiary/aromatic N) is 1. The van der Waals surface area contributed by atoms with E-state index in [1.54, 1.807) is 12.1 Å². The van der Waals surface area contributed by atoms with E-state index < -0.39 is 11.4 Å². The van der Waals surface area contributed by atoms with Crippen LogP contribution in [0.2, 0.25) is 0 Å². The van der Waals surface area contributed by atoms with E-state index in [1.165, 1.54) is 12.1 Å². The molecule has 17 heavy (non-hydrogen) atoms. The Kier molecular flexibility index (Phi) is 3.02. The lowest BCUT2D eigenvalue weighted by atomic mass is 9.97. The van der Waals surface area contributed by atoms with E-state index >= 15 is 0 Å². The van der Waals surface area contributed by atoms with E-state index in [1.807, 2.05) is 11.9 Å². The number of hydrogen-bond donors (Lipinski definition) is 2. The van der Waals surface area contributed by atoms with E-state index in [9.17, 15) is 9.18 Å². The highest BCUT2D eigenvalue weighted by molar-refractivity contribution is 5.88. The first-order chi connectivity index (χ1) is 8.02. The van der Waals surface area contributed by atoms with Gasteiger partial charge in [-0.25, -0.2) is 4.39 Å². The molecule has 1 aromatic rings. The van der Waals surface area contributed by atoms with E-state index in [0.29, 0.717) is 18.7 Å². The minimum absolute atomic E-state index is 0.332. The molecule has 0 bridgehead atoms. The molecule has 92 valence electrons. The van der Waals surface area contributed by atoms with Gasteiger partial charge in [0.25, 0.3) is 0 Å². The van der Waals surface area contributed by atoms with Crippen LogP contribution in [0.25, 0.3) is 0 Å². The van der Waals surface area contributed by atoms with Crippen molar-refractivity contribution in [3.8, 4) is 0 Å². The molecule has 1 aliphatic heterocycles. The zero-order valence-corrected chi connectivity index (χ0v) is 9.74. The molecule has 1 aliphatic rings. The van der Waals surface area contributed by atoms with Crippen LogP contribution in [0.1, 0.15) is 6.42 Å². The van der Waals surface area contributed by atoms with Crippen molar-refractivity contribution in [2.75, 3.05) is 25.5 Å². The average molecular weight is 237 g/mol. The summed E-state index contributed by atoms with van der Waals surface area (Å²) in [5.41, 5.74) is 5.25. The van der Waals surface area contributed by atoms with Gasteiger partial charge in [0.1, 0.15) is 11.4 Å². The summed E-state index contributed by atoms with van der Waals surface area (Å²) >= 11 is 0. The third kappa shape index (κ3) is 2.39. The minimum atomic E-state index is -0.789. The monoisotopic (exact) mass is 237 g/mol. The lowest BCUT2D eigenvalue weighted by Crippen LogP contribution is -2.52. The van der Waals surface area contributed by atoms with Crippen molar-refractivity contribution < 1.29 is 9.18 Å². The topological polar surface area (TPSA) is 58.4 Å². The van der Waals surface area contributed by atoms with E-state index in [2.05, 4.69) is 5.32 Å². The number of benzene rings is 1. The van der Waals surface area contributed by atoms with Gasteiger partial charge in [-0.15, -0.1) is 0 Å². The normalized spacial score (nSPS) is 24.8. The first kappa shape index (κ1) is 11.9. The number of anilines is 1. The molecular formula is C12H16FN3O. The summed E-state index contributed by atoms with van der Waals surface area (Å²) in [7, 11) is 1.93. The van der Waals surface area contributed by atoms with Crippen molar-refractivity contribution in [2.24, 2.45) is 5.73 Å². The second-order valence-corrected chi connectivity index (χ2v) is 4.57.